The number of hydrogen-bond acceptors (Lipinski definition) is 3. The summed E-state index contributed by atoms with van der Waals surface area (Å²) in [5.74, 6) is -0.00296. The summed E-state index contributed by atoms with van der Waals surface area (Å²) < 4.78 is 0. The van der Waals surface area contributed by atoms with Crippen LogP contribution in [0.2, 0.25) is 0 Å². The second-order valence-electron chi connectivity index (χ2n) is 3.94. The molecule has 4 heteroatoms. The fourth-order valence-corrected chi connectivity index (χ4v) is 2.73. The maximum Gasteiger partial charge on any atom is 0.251 e. The van der Waals surface area contributed by atoms with Crippen molar-refractivity contribution in [1.82, 2.24) is 5.32 Å². The molecule has 0 aliphatic carbocycles. The molecule has 0 bridgehead atoms. The Morgan fingerprint density at radius 2 is 2.22 bits per heavy atom. The fraction of sp³-hybridized carbons (Fsp3) is 0.214. The van der Waals surface area contributed by atoms with Gasteiger partial charge in [0.25, 0.3) is 5.91 Å². The van der Waals surface area contributed by atoms with E-state index in [-0.39, 0.29) is 5.91 Å². The maximum atomic E-state index is 12.1. The van der Waals surface area contributed by atoms with Crippen molar-refractivity contribution in [3.05, 3.63) is 51.7 Å². The molecule has 0 saturated heterocycles. The molecule has 1 N–H and O–H groups in total. The molecular weight excluding hydrogens is 262 g/mol. The van der Waals surface area contributed by atoms with Crippen LogP contribution in [0.5, 0.6) is 0 Å². The Hall–Kier alpha value is -1.26. The van der Waals surface area contributed by atoms with E-state index in [4.69, 9.17) is 0 Å². The molecule has 0 unspecified atom stereocenters. The third-order valence-corrected chi connectivity index (χ3v) is 4.29. The lowest BCUT2D eigenvalue weighted by Gasteiger charge is -2.08. The first kappa shape index (κ1) is 13.2. The van der Waals surface area contributed by atoms with Crippen molar-refractivity contribution in [2.24, 2.45) is 0 Å². The van der Waals surface area contributed by atoms with Crippen molar-refractivity contribution in [2.45, 2.75) is 18.4 Å². The molecule has 1 aromatic carbocycles. The monoisotopic (exact) mass is 277 g/mol. The van der Waals surface area contributed by atoms with Gasteiger partial charge in [-0.3, -0.25) is 4.79 Å². The van der Waals surface area contributed by atoms with Gasteiger partial charge in [0.2, 0.25) is 0 Å². The van der Waals surface area contributed by atoms with Crippen LogP contribution in [0, 0.1) is 6.92 Å². The molecule has 0 aliphatic rings. The molecular formula is C14H15NOS2. The van der Waals surface area contributed by atoms with Crippen molar-refractivity contribution in [3.8, 4) is 0 Å². The van der Waals surface area contributed by atoms with Crippen LogP contribution in [0.3, 0.4) is 0 Å². The summed E-state index contributed by atoms with van der Waals surface area (Å²) in [7, 11) is 0. The highest BCUT2D eigenvalue weighted by molar-refractivity contribution is 7.98. The van der Waals surface area contributed by atoms with Gasteiger partial charge >= 0.3 is 0 Å². The van der Waals surface area contributed by atoms with Crippen molar-refractivity contribution >= 4 is 29.0 Å². The Kier molecular flexibility index (Phi) is 4.44. The van der Waals surface area contributed by atoms with Gasteiger partial charge in [0, 0.05) is 15.3 Å². The number of hydrogen-bond donors (Lipinski definition) is 1. The predicted octanol–water partition coefficient (Wildman–Crippen LogP) is 3.71. The van der Waals surface area contributed by atoms with E-state index in [9.17, 15) is 4.79 Å². The van der Waals surface area contributed by atoms with Crippen molar-refractivity contribution in [3.63, 3.8) is 0 Å². The van der Waals surface area contributed by atoms with E-state index in [1.807, 2.05) is 48.9 Å². The molecule has 0 atom stereocenters. The molecule has 0 aliphatic heterocycles. The minimum atomic E-state index is -0.00296. The largest absolute Gasteiger partial charge is 0.347 e. The highest BCUT2D eigenvalue weighted by atomic mass is 32.2. The highest BCUT2D eigenvalue weighted by Gasteiger charge is 2.09. The lowest BCUT2D eigenvalue weighted by Crippen LogP contribution is -2.23. The number of carbonyl (C=O) groups excluding carboxylic acids is 1. The topological polar surface area (TPSA) is 29.1 Å². The Balaban J connectivity index is 2.08. The molecule has 94 valence electrons. The van der Waals surface area contributed by atoms with E-state index < -0.39 is 0 Å². The molecule has 0 saturated carbocycles. The van der Waals surface area contributed by atoms with Crippen LogP contribution in [0.25, 0.3) is 0 Å². The molecule has 0 spiro atoms. The minimum Gasteiger partial charge on any atom is -0.347 e. The van der Waals surface area contributed by atoms with Gasteiger partial charge in [-0.05, 0) is 42.3 Å². The summed E-state index contributed by atoms with van der Waals surface area (Å²) >= 11 is 3.30. The molecule has 2 aromatic rings. The van der Waals surface area contributed by atoms with Crippen LogP contribution in [-0.2, 0) is 6.54 Å². The van der Waals surface area contributed by atoms with Gasteiger partial charge in [0.1, 0.15) is 0 Å². The Morgan fingerprint density at radius 1 is 1.39 bits per heavy atom. The predicted molar refractivity (Wildman–Crippen MR) is 78.4 cm³/mol. The van der Waals surface area contributed by atoms with Gasteiger partial charge in [-0.1, -0.05) is 12.1 Å². The van der Waals surface area contributed by atoms with Gasteiger partial charge in [-0.25, -0.2) is 0 Å². The number of benzene rings is 1. The van der Waals surface area contributed by atoms with Crippen LogP contribution in [-0.4, -0.2) is 12.2 Å². The molecule has 0 fully saturated rings. The first-order chi connectivity index (χ1) is 8.70. The summed E-state index contributed by atoms with van der Waals surface area (Å²) in [5.41, 5.74) is 1.77. The van der Waals surface area contributed by atoms with Crippen LogP contribution >= 0.6 is 23.1 Å². The lowest BCUT2D eigenvalue weighted by atomic mass is 10.1. The first-order valence-corrected chi connectivity index (χ1v) is 7.76. The summed E-state index contributed by atoms with van der Waals surface area (Å²) in [5, 5.41) is 4.97. The average molecular weight is 277 g/mol. The fourth-order valence-electron chi connectivity index (χ4n) is 1.65. The first-order valence-electron chi connectivity index (χ1n) is 5.66. The second-order valence-corrected chi connectivity index (χ2v) is 5.85. The lowest BCUT2D eigenvalue weighted by molar-refractivity contribution is 0.0950. The van der Waals surface area contributed by atoms with Gasteiger partial charge in [0.15, 0.2) is 0 Å². The van der Waals surface area contributed by atoms with Crippen LogP contribution in [0.4, 0.5) is 0 Å². The van der Waals surface area contributed by atoms with E-state index in [0.717, 1.165) is 16.0 Å². The van der Waals surface area contributed by atoms with Gasteiger partial charge < -0.3 is 5.32 Å². The average Bonchev–Trinajstić information content (AvgIpc) is 2.89. The molecule has 1 heterocycles. The Morgan fingerprint density at radius 3 is 2.89 bits per heavy atom. The number of amides is 1. The van der Waals surface area contributed by atoms with Gasteiger partial charge in [0.05, 0.1) is 6.54 Å². The molecule has 0 radical (unpaired) electrons. The van der Waals surface area contributed by atoms with Crippen LogP contribution < -0.4 is 5.32 Å². The minimum absolute atomic E-state index is 0.00296. The van der Waals surface area contributed by atoms with E-state index in [1.165, 1.54) is 4.88 Å². The smallest absolute Gasteiger partial charge is 0.251 e. The molecule has 2 rings (SSSR count). The zero-order valence-corrected chi connectivity index (χ0v) is 12.0. The zero-order chi connectivity index (χ0) is 13.0. The number of nitrogens with one attached hydrogen (secondary N) is 1. The second kappa shape index (κ2) is 6.07. The van der Waals surface area contributed by atoms with E-state index in [1.54, 1.807) is 23.1 Å². The summed E-state index contributed by atoms with van der Waals surface area (Å²) in [6.45, 7) is 2.56. The maximum absolute atomic E-state index is 12.1. The summed E-state index contributed by atoms with van der Waals surface area (Å²) in [6.07, 6.45) is 2.01. The number of aryl methyl sites for hydroxylation is 1. The molecule has 2 nitrogen and oxygen atoms in total. The SMILES string of the molecule is CSc1ccc(C)c(C(=O)NCc2cccs2)c1. The highest BCUT2D eigenvalue weighted by Crippen LogP contribution is 2.19. The van der Waals surface area contributed by atoms with Crippen molar-refractivity contribution in [1.29, 1.82) is 0 Å². The van der Waals surface area contributed by atoms with Crippen LogP contribution in [0.1, 0.15) is 20.8 Å². The zero-order valence-electron chi connectivity index (χ0n) is 10.4. The van der Waals surface area contributed by atoms with E-state index in [2.05, 4.69) is 5.32 Å². The molecule has 18 heavy (non-hydrogen) atoms. The normalized spacial score (nSPS) is 10.3. The number of thioether (sulfide) groups is 1. The van der Waals surface area contributed by atoms with Crippen molar-refractivity contribution < 1.29 is 4.79 Å². The summed E-state index contributed by atoms with van der Waals surface area (Å²) in [4.78, 5) is 14.4. The van der Waals surface area contributed by atoms with E-state index in [0.29, 0.717) is 6.54 Å². The van der Waals surface area contributed by atoms with Gasteiger partial charge in [-0.15, -0.1) is 23.1 Å². The van der Waals surface area contributed by atoms with Crippen molar-refractivity contribution in [2.75, 3.05) is 6.26 Å². The third-order valence-electron chi connectivity index (χ3n) is 2.69. The molecule has 1 amide bonds. The quantitative estimate of drug-likeness (QED) is 0.863. The number of thiophene rings is 1. The Bertz CT molecular complexity index is 535. The summed E-state index contributed by atoms with van der Waals surface area (Å²) in [6, 6.07) is 9.99. The van der Waals surface area contributed by atoms with E-state index >= 15 is 0 Å². The number of carbonyl (C=O) groups is 1. The standard InChI is InChI=1S/C14H15NOS2/c1-10-5-6-11(17-2)8-13(10)14(16)15-9-12-4-3-7-18-12/h3-8H,9H2,1-2H3,(H,15,16). The Labute approximate surface area is 115 Å². The number of rotatable bonds is 4. The van der Waals surface area contributed by atoms with Gasteiger partial charge in [-0.2, -0.15) is 0 Å². The van der Waals surface area contributed by atoms with Crippen LogP contribution in [0.15, 0.2) is 40.6 Å². The third kappa shape index (κ3) is 3.15. The molecule has 1 aromatic heterocycles.